The summed E-state index contributed by atoms with van der Waals surface area (Å²) in [5, 5.41) is 0. The van der Waals surface area contributed by atoms with Crippen LogP contribution in [0.1, 0.15) is 13.3 Å². The minimum absolute atomic E-state index is 0.354. The van der Waals surface area contributed by atoms with Gasteiger partial charge in [0, 0.05) is 12.3 Å². The molecule has 0 aliphatic heterocycles. The van der Waals surface area contributed by atoms with Gasteiger partial charge in [0.2, 0.25) is 6.08 Å². The van der Waals surface area contributed by atoms with Crippen molar-refractivity contribution < 1.29 is 9.53 Å². The SMILES string of the molecule is CCOC(CCN=C=O)[SiH](C)C. The third kappa shape index (κ3) is 5.24. The molecule has 0 aromatic carbocycles. The van der Waals surface area contributed by atoms with Crippen molar-refractivity contribution in [1.82, 2.24) is 0 Å². The molecule has 1 atom stereocenters. The molecule has 3 nitrogen and oxygen atoms in total. The zero-order valence-electron chi connectivity index (χ0n) is 8.04. The second-order valence-electron chi connectivity index (χ2n) is 3.00. The largest absolute Gasteiger partial charge is 0.382 e. The number of rotatable bonds is 6. The molecule has 0 aliphatic rings. The molecule has 0 spiro atoms. The molecule has 0 saturated heterocycles. The summed E-state index contributed by atoms with van der Waals surface area (Å²) < 4.78 is 5.52. The van der Waals surface area contributed by atoms with Gasteiger partial charge in [-0.3, -0.25) is 0 Å². The molecule has 0 heterocycles. The van der Waals surface area contributed by atoms with Crippen LogP contribution in [0, 0.1) is 0 Å². The predicted octanol–water partition coefficient (Wildman–Crippen LogP) is 1.14. The lowest BCUT2D eigenvalue weighted by atomic mass is 10.4. The molecular formula is C8H17NO2Si. The van der Waals surface area contributed by atoms with Gasteiger partial charge in [-0.05, 0) is 13.3 Å². The minimum atomic E-state index is -0.758. The quantitative estimate of drug-likeness (QED) is 0.355. The Kier molecular flexibility index (Phi) is 6.95. The van der Waals surface area contributed by atoms with Gasteiger partial charge in [-0.2, -0.15) is 0 Å². The topological polar surface area (TPSA) is 38.7 Å². The van der Waals surface area contributed by atoms with Crippen LogP contribution < -0.4 is 0 Å². The molecule has 12 heavy (non-hydrogen) atoms. The second kappa shape index (κ2) is 7.22. The van der Waals surface area contributed by atoms with Crippen molar-refractivity contribution >= 4 is 14.9 Å². The number of carbonyl (C=O) groups excluding carboxylic acids is 1. The summed E-state index contributed by atoms with van der Waals surface area (Å²) in [5.74, 6) is 0. The zero-order valence-corrected chi connectivity index (χ0v) is 9.19. The Morgan fingerprint density at radius 3 is 2.67 bits per heavy atom. The number of hydrogen-bond acceptors (Lipinski definition) is 3. The Morgan fingerprint density at radius 1 is 1.58 bits per heavy atom. The van der Waals surface area contributed by atoms with Gasteiger partial charge in [-0.25, -0.2) is 9.79 Å². The van der Waals surface area contributed by atoms with Crippen molar-refractivity contribution in [2.45, 2.75) is 32.2 Å². The molecule has 0 amide bonds. The summed E-state index contributed by atoms with van der Waals surface area (Å²) in [7, 11) is -0.758. The zero-order chi connectivity index (χ0) is 9.40. The Bertz CT molecular complexity index is 155. The summed E-state index contributed by atoms with van der Waals surface area (Å²) >= 11 is 0. The van der Waals surface area contributed by atoms with E-state index in [2.05, 4.69) is 18.1 Å². The standard InChI is InChI=1S/C8H17NO2Si/c1-4-11-8(12(2)3)5-6-9-7-10/h8,12H,4-6H2,1-3H3. The van der Waals surface area contributed by atoms with Crippen LogP contribution in [-0.2, 0) is 9.53 Å². The van der Waals surface area contributed by atoms with Crippen LogP contribution in [0.15, 0.2) is 4.99 Å². The van der Waals surface area contributed by atoms with Crippen molar-refractivity contribution in [3.8, 4) is 0 Å². The smallest absolute Gasteiger partial charge is 0.234 e. The van der Waals surface area contributed by atoms with Gasteiger partial charge >= 0.3 is 0 Å². The van der Waals surface area contributed by atoms with E-state index in [4.69, 9.17) is 4.74 Å². The van der Waals surface area contributed by atoms with Crippen LogP contribution in [0.5, 0.6) is 0 Å². The molecule has 0 fully saturated rings. The van der Waals surface area contributed by atoms with Gasteiger partial charge in [0.1, 0.15) is 0 Å². The first kappa shape index (κ1) is 11.6. The van der Waals surface area contributed by atoms with Gasteiger partial charge in [0.15, 0.2) is 0 Å². The van der Waals surface area contributed by atoms with Crippen LogP contribution in [0.25, 0.3) is 0 Å². The van der Waals surface area contributed by atoms with Crippen LogP contribution in [0.4, 0.5) is 0 Å². The van der Waals surface area contributed by atoms with Crippen molar-refractivity contribution in [1.29, 1.82) is 0 Å². The summed E-state index contributed by atoms with van der Waals surface area (Å²) in [5.41, 5.74) is 0.354. The van der Waals surface area contributed by atoms with Crippen LogP contribution in [0.2, 0.25) is 13.1 Å². The molecule has 0 aliphatic carbocycles. The van der Waals surface area contributed by atoms with Gasteiger partial charge in [0.25, 0.3) is 0 Å². The third-order valence-electron chi connectivity index (χ3n) is 1.71. The van der Waals surface area contributed by atoms with E-state index in [1.807, 2.05) is 6.92 Å². The summed E-state index contributed by atoms with van der Waals surface area (Å²) in [6, 6.07) is 0. The number of hydrogen-bond donors (Lipinski definition) is 0. The highest BCUT2D eigenvalue weighted by Crippen LogP contribution is 2.03. The van der Waals surface area contributed by atoms with E-state index in [1.165, 1.54) is 6.08 Å². The molecule has 0 radical (unpaired) electrons. The van der Waals surface area contributed by atoms with Gasteiger partial charge in [0.05, 0.1) is 15.3 Å². The van der Waals surface area contributed by atoms with Crippen molar-refractivity contribution in [2.24, 2.45) is 4.99 Å². The molecule has 0 aromatic heterocycles. The van der Waals surface area contributed by atoms with E-state index < -0.39 is 8.80 Å². The monoisotopic (exact) mass is 187 g/mol. The van der Waals surface area contributed by atoms with Gasteiger partial charge < -0.3 is 4.74 Å². The number of nitrogens with zero attached hydrogens (tertiary/aromatic N) is 1. The van der Waals surface area contributed by atoms with Crippen molar-refractivity contribution in [3.05, 3.63) is 0 Å². The first-order chi connectivity index (χ1) is 5.72. The fraction of sp³-hybridized carbons (Fsp3) is 0.875. The van der Waals surface area contributed by atoms with Crippen molar-refractivity contribution in [3.63, 3.8) is 0 Å². The first-order valence-corrected chi connectivity index (χ1v) is 7.35. The molecule has 0 bridgehead atoms. The lowest BCUT2D eigenvalue weighted by molar-refractivity contribution is 0.110. The summed E-state index contributed by atoms with van der Waals surface area (Å²) in [6.07, 6.45) is 2.41. The molecule has 0 N–H and O–H groups in total. The fourth-order valence-corrected chi connectivity index (χ4v) is 2.45. The van der Waals surface area contributed by atoms with Crippen LogP contribution >= 0.6 is 0 Å². The summed E-state index contributed by atoms with van der Waals surface area (Å²) in [6.45, 7) is 7.78. The minimum Gasteiger partial charge on any atom is -0.382 e. The third-order valence-corrected chi connectivity index (χ3v) is 3.73. The molecule has 70 valence electrons. The average Bonchev–Trinajstić information content (AvgIpc) is 2.03. The summed E-state index contributed by atoms with van der Waals surface area (Å²) in [4.78, 5) is 13.3. The average molecular weight is 187 g/mol. The lowest BCUT2D eigenvalue weighted by Gasteiger charge is -2.18. The number of aliphatic imine (C=N–C) groups is 1. The van der Waals surface area contributed by atoms with E-state index in [0.717, 1.165) is 13.0 Å². The maximum Gasteiger partial charge on any atom is 0.234 e. The van der Waals surface area contributed by atoms with Crippen LogP contribution in [-0.4, -0.2) is 33.8 Å². The Labute approximate surface area is 75.4 Å². The second-order valence-corrected chi connectivity index (χ2v) is 6.23. The van der Waals surface area contributed by atoms with Crippen molar-refractivity contribution in [2.75, 3.05) is 13.2 Å². The molecular weight excluding hydrogens is 170 g/mol. The maximum absolute atomic E-state index is 9.79. The number of isocyanates is 1. The maximum atomic E-state index is 9.79. The fourth-order valence-electron chi connectivity index (χ4n) is 1.06. The highest BCUT2D eigenvalue weighted by atomic mass is 28.3. The number of ether oxygens (including phenoxy) is 1. The highest BCUT2D eigenvalue weighted by molar-refractivity contribution is 6.57. The van der Waals surface area contributed by atoms with E-state index in [-0.39, 0.29) is 0 Å². The van der Waals surface area contributed by atoms with Gasteiger partial charge in [-0.15, -0.1) is 0 Å². The van der Waals surface area contributed by atoms with E-state index in [9.17, 15) is 4.79 Å². The first-order valence-electron chi connectivity index (χ1n) is 4.37. The molecule has 0 aromatic rings. The van der Waals surface area contributed by atoms with E-state index in [1.54, 1.807) is 0 Å². The molecule has 4 heteroatoms. The van der Waals surface area contributed by atoms with E-state index in [0.29, 0.717) is 12.3 Å². The molecule has 0 rings (SSSR count). The molecule has 1 unspecified atom stereocenters. The Balaban J connectivity index is 3.70. The Hall–Kier alpha value is -0.443. The lowest BCUT2D eigenvalue weighted by Crippen LogP contribution is -2.28. The van der Waals surface area contributed by atoms with Crippen LogP contribution in [0.3, 0.4) is 0 Å². The highest BCUT2D eigenvalue weighted by Gasteiger charge is 2.13. The Morgan fingerprint density at radius 2 is 2.25 bits per heavy atom. The molecule has 0 saturated carbocycles. The van der Waals surface area contributed by atoms with Gasteiger partial charge in [-0.1, -0.05) is 13.1 Å². The predicted molar refractivity (Wildman–Crippen MR) is 51.9 cm³/mol. The van der Waals surface area contributed by atoms with E-state index >= 15 is 0 Å². The normalized spacial score (nSPS) is 12.7.